The zero-order valence-electron chi connectivity index (χ0n) is 11.6. The molecule has 0 radical (unpaired) electrons. The van der Waals surface area contributed by atoms with Crippen LogP contribution in [0.1, 0.15) is 11.1 Å². The van der Waals surface area contributed by atoms with Gasteiger partial charge in [-0.3, -0.25) is 10.1 Å². The van der Waals surface area contributed by atoms with Gasteiger partial charge in [-0.2, -0.15) is 5.10 Å². The Labute approximate surface area is 131 Å². The number of nitro groups is 1. The number of benzene rings is 2. The second kappa shape index (κ2) is 7.94. The fourth-order valence-electron chi connectivity index (χ4n) is 1.59. The highest BCUT2D eigenvalue weighted by atomic mass is 32.2. The summed E-state index contributed by atoms with van der Waals surface area (Å²) in [5.41, 5.74) is 7.70. The summed E-state index contributed by atoms with van der Waals surface area (Å²) >= 11 is 1.32. The predicted octanol–water partition coefficient (Wildman–Crippen LogP) is 3.18. The summed E-state index contributed by atoms with van der Waals surface area (Å²) < 4.78 is 0. The van der Waals surface area contributed by atoms with Crippen molar-refractivity contribution < 1.29 is 4.92 Å². The average Bonchev–Trinajstić information content (AvgIpc) is 2.54. The molecule has 0 spiro atoms. The second-order valence-electron chi connectivity index (χ2n) is 4.31. The molecule has 2 aromatic carbocycles. The van der Waals surface area contributed by atoms with E-state index in [4.69, 9.17) is 5.73 Å². The summed E-state index contributed by atoms with van der Waals surface area (Å²) in [4.78, 5) is 10.1. The van der Waals surface area contributed by atoms with E-state index in [1.165, 1.54) is 23.9 Å². The molecule has 2 rings (SSSR count). The Hall–Kier alpha value is -2.67. The lowest BCUT2D eigenvalue weighted by Crippen LogP contribution is -2.06. The third-order valence-electron chi connectivity index (χ3n) is 2.70. The van der Waals surface area contributed by atoms with Crippen LogP contribution in [0.4, 0.5) is 5.69 Å². The highest BCUT2D eigenvalue weighted by Gasteiger charge is 2.04. The number of thioether (sulfide) groups is 1. The van der Waals surface area contributed by atoms with Crippen LogP contribution in [0, 0.1) is 10.1 Å². The van der Waals surface area contributed by atoms with E-state index >= 15 is 0 Å². The molecule has 0 saturated carbocycles. The molecule has 0 atom stereocenters. The third kappa shape index (κ3) is 5.02. The van der Waals surface area contributed by atoms with E-state index in [0.29, 0.717) is 10.9 Å². The number of amidine groups is 1. The summed E-state index contributed by atoms with van der Waals surface area (Å²) in [5.74, 6) is 0.578. The fourth-order valence-corrected chi connectivity index (χ4v) is 2.20. The average molecular weight is 314 g/mol. The molecule has 0 fully saturated rings. The van der Waals surface area contributed by atoms with Crippen LogP contribution in [0.3, 0.4) is 0 Å². The molecule has 7 heteroatoms. The fraction of sp³-hybridized carbons (Fsp3) is 0.0667. The van der Waals surface area contributed by atoms with Crippen LogP contribution in [-0.2, 0) is 5.75 Å². The zero-order chi connectivity index (χ0) is 15.8. The smallest absolute Gasteiger partial charge is 0.269 e. The molecule has 0 amide bonds. The number of nitro benzene ring substituents is 1. The summed E-state index contributed by atoms with van der Waals surface area (Å²) in [5, 5.41) is 18.7. The number of nitrogens with two attached hydrogens (primary N) is 1. The largest absolute Gasteiger partial charge is 0.377 e. The monoisotopic (exact) mass is 314 g/mol. The van der Waals surface area contributed by atoms with Gasteiger partial charge in [-0.1, -0.05) is 54.2 Å². The van der Waals surface area contributed by atoms with E-state index in [9.17, 15) is 10.1 Å². The van der Waals surface area contributed by atoms with Crippen LogP contribution in [0.25, 0.3) is 0 Å². The first kappa shape index (κ1) is 15.7. The van der Waals surface area contributed by atoms with Gasteiger partial charge < -0.3 is 5.73 Å². The van der Waals surface area contributed by atoms with Gasteiger partial charge in [-0.15, -0.1) is 5.10 Å². The van der Waals surface area contributed by atoms with Crippen molar-refractivity contribution in [1.82, 2.24) is 0 Å². The van der Waals surface area contributed by atoms with Crippen LogP contribution >= 0.6 is 11.8 Å². The molecule has 2 N–H and O–H groups in total. The van der Waals surface area contributed by atoms with Gasteiger partial charge in [0, 0.05) is 17.9 Å². The first-order chi connectivity index (χ1) is 10.6. The Morgan fingerprint density at radius 1 is 1.18 bits per heavy atom. The van der Waals surface area contributed by atoms with E-state index in [1.54, 1.807) is 18.3 Å². The lowest BCUT2D eigenvalue weighted by atomic mass is 10.2. The van der Waals surface area contributed by atoms with Crippen molar-refractivity contribution in [3.05, 3.63) is 75.8 Å². The van der Waals surface area contributed by atoms with Crippen molar-refractivity contribution >= 4 is 28.8 Å². The molecule has 0 aliphatic rings. The van der Waals surface area contributed by atoms with Gasteiger partial charge in [0.2, 0.25) is 0 Å². The zero-order valence-corrected chi connectivity index (χ0v) is 12.4. The first-order valence-electron chi connectivity index (χ1n) is 6.43. The summed E-state index contributed by atoms with van der Waals surface area (Å²) in [6.45, 7) is 0. The minimum absolute atomic E-state index is 0.0721. The lowest BCUT2D eigenvalue weighted by molar-refractivity contribution is -0.384. The van der Waals surface area contributed by atoms with Crippen molar-refractivity contribution in [2.45, 2.75) is 5.75 Å². The molecule has 0 bridgehead atoms. The number of hydrogen-bond acceptors (Lipinski definition) is 5. The molecule has 0 aromatic heterocycles. The van der Waals surface area contributed by atoms with Gasteiger partial charge in [-0.05, 0) is 11.1 Å². The van der Waals surface area contributed by atoms with Crippen molar-refractivity contribution in [1.29, 1.82) is 0 Å². The van der Waals surface area contributed by atoms with Gasteiger partial charge in [0.1, 0.15) is 0 Å². The molecule has 0 heterocycles. The molecule has 112 valence electrons. The van der Waals surface area contributed by atoms with Gasteiger partial charge in [0.25, 0.3) is 5.69 Å². The molecule has 0 aliphatic carbocycles. The number of hydrogen-bond donors (Lipinski definition) is 1. The standard InChI is InChI=1S/C15H14N4O2S/c16-15(18-17-10-12-4-2-1-3-5-12)22-11-13-6-8-14(9-7-13)19(20)21/h1-10H,11H2,(H2,16,18). The minimum Gasteiger partial charge on any atom is -0.377 e. The Balaban J connectivity index is 1.86. The van der Waals surface area contributed by atoms with Gasteiger partial charge in [-0.25, -0.2) is 0 Å². The van der Waals surface area contributed by atoms with Crippen molar-refractivity contribution in [2.24, 2.45) is 15.9 Å². The third-order valence-corrected chi connectivity index (χ3v) is 3.55. The normalized spacial score (nSPS) is 11.7. The maximum Gasteiger partial charge on any atom is 0.269 e. The Morgan fingerprint density at radius 3 is 2.50 bits per heavy atom. The Morgan fingerprint density at radius 2 is 1.86 bits per heavy atom. The van der Waals surface area contributed by atoms with Crippen LogP contribution < -0.4 is 5.73 Å². The highest BCUT2D eigenvalue weighted by molar-refractivity contribution is 8.13. The molecule has 0 aliphatic heterocycles. The highest BCUT2D eigenvalue weighted by Crippen LogP contribution is 2.16. The predicted molar refractivity (Wildman–Crippen MR) is 90.0 cm³/mol. The van der Waals surface area contributed by atoms with Gasteiger partial charge >= 0.3 is 0 Å². The topological polar surface area (TPSA) is 93.9 Å². The number of nitrogens with zero attached hydrogens (tertiary/aromatic N) is 3. The summed E-state index contributed by atoms with van der Waals surface area (Å²) in [7, 11) is 0. The van der Waals surface area contributed by atoms with Crippen molar-refractivity contribution in [3.63, 3.8) is 0 Å². The Kier molecular flexibility index (Phi) is 5.67. The van der Waals surface area contributed by atoms with E-state index < -0.39 is 4.92 Å². The SMILES string of the molecule is NC(=NN=Cc1ccccc1)SCc1ccc([N+](=O)[O-])cc1. The molecule has 22 heavy (non-hydrogen) atoms. The van der Waals surface area contributed by atoms with E-state index in [-0.39, 0.29) is 5.69 Å². The molecule has 2 aromatic rings. The van der Waals surface area contributed by atoms with Crippen molar-refractivity contribution in [2.75, 3.05) is 0 Å². The molecular formula is C15H14N4O2S. The lowest BCUT2D eigenvalue weighted by Gasteiger charge is -2.00. The van der Waals surface area contributed by atoms with Gasteiger partial charge in [0.05, 0.1) is 11.1 Å². The van der Waals surface area contributed by atoms with Crippen LogP contribution in [-0.4, -0.2) is 16.3 Å². The minimum atomic E-state index is -0.426. The van der Waals surface area contributed by atoms with Crippen LogP contribution in [0.15, 0.2) is 64.8 Å². The van der Waals surface area contributed by atoms with E-state index in [1.807, 2.05) is 30.3 Å². The Bertz CT molecular complexity index is 684. The first-order valence-corrected chi connectivity index (χ1v) is 7.41. The molecule has 0 unspecified atom stereocenters. The number of rotatable bonds is 5. The van der Waals surface area contributed by atoms with Crippen molar-refractivity contribution in [3.8, 4) is 0 Å². The second-order valence-corrected chi connectivity index (χ2v) is 5.30. The van der Waals surface area contributed by atoms with Crippen LogP contribution in [0.2, 0.25) is 0 Å². The van der Waals surface area contributed by atoms with E-state index in [2.05, 4.69) is 10.2 Å². The summed E-state index contributed by atoms with van der Waals surface area (Å²) in [6.07, 6.45) is 1.62. The molecule has 0 saturated heterocycles. The molecular weight excluding hydrogens is 300 g/mol. The number of non-ortho nitro benzene ring substituents is 1. The van der Waals surface area contributed by atoms with E-state index in [0.717, 1.165) is 11.1 Å². The summed E-state index contributed by atoms with van der Waals surface area (Å²) in [6, 6.07) is 15.9. The quantitative estimate of drug-likeness (QED) is 0.397. The molecule has 6 nitrogen and oxygen atoms in total. The maximum absolute atomic E-state index is 10.6. The maximum atomic E-state index is 10.6. The van der Waals surface area contributed by atoms with Gasteiger partial charge in [0.15, 0.2) is 5.17 Å². The van der Waals surface area contributed by atoms with Crippen LogP contribution in [0.5, 0.6) is 0 Å².